The average Bonchev–Trinajstić information content (AvgIpc) is 2.54. The zero-order valence-corrected chi connectivity index (χ0v) is 13.2. The van der Waals surface area contributed by atoms with Gasteiger partial charge in [-0.25, -0.2) is 4.98 Å². The van der Waals surface area contributed by atoms with Crippen molar-refractivity contribution in [1.82, 2.24) is 9.97 Å². The van der Waals surface area contributed by atoms with Crippen molar-refractivity contribution >= 4 is 11.8 Å². The topological polar surface area (TPSA) is 73.1 Å². The van der Waals surface area contributed by atoms with E-state index in [1.54, 1.807) is 6.07 Å². The van der Waals surface area contributed by atoms with E-state index in [1.165, 1.54) is 12.3 Å². The van der Waals surface area contributed by atoms with Crippen LogP contribution in [0.3, 0.4) is 0 Å². The molecule has 8 heteroatoms. The van der Waals surface area contributed by atoms with Gasteiger partial charge in [-0.2, -0.15) is 18.2 Å². The Balaban J connectivity index is 2.09. The van der Waals surface area contributed by atoms with Gasteiger partial charge < -0.3 is 15.8 Å². The van der Waals surface area contributed by atoms with Crippen molar-refractivity contribution in [2.24, 2.45) is 0 Å². The number of nitrogens with two attached hydrogens (primary N) is 1. The molecule has 24 heavy (non-hydrogen) atoms. The van der Waals surface area contributed by atoms with Gasteiger partial charge in [0.25, 0.3) is 0 Å². The molecule has 0 radical (unpaired) electrons. The molecule has 1 heterocycles. The van der Waals surface area contributed by atoms with Crippen LogP contribution < -0.4 is 15.8 Å². The SMILES string of the molecule is CCCCNc1nc(N)ncc1OCc1cccc(C(F)(F)F)c1. The molecular formula is C16H19F3N4O. The number of alkyl halides is 3. The van der Waals surface area contributed by atoms with Crippen LogP contribution in [-0.4, -0.2) is 16.5 Å². The van der Waals surface area contributed by atoms with Gasteiger partial charge in [0.15, 0.2) is 11.6 Å². The monoisotopic (exact) mass is 340 g/mol. The van der Waals surface area contributed by atoms with Gasteiger partial charge in [-0.1, -0.05) is 25.5 Å². The van der Waals surface area contributed by atoms with Gasteiger partial charge in [-0.05, 0) is 24.1 Å². The molecule has 0 aliphatic rings. The van der Waals surface area contributed by atoms with Crippen LogP contribution in [0.25, 0.3) is 0 Å². The molecule has 1 aromatic heterocycles. The Morgan fingerprint density at radius 1 is 1.29 bits per heavy atom. The van der Waals surface area contributed by atoms with Crippen LogP contribution in [0.15, 0.2) is 30.5 Å². The maximum absolute atomic E-state index is 12.7. The zero-order chi connectivity index (χ0) is 17.6. The number of nitrogen functional groups attached to an aromatic ring is 1. The van der Waals surface area contributed by atoms with Crippen LogP contribution in [0, 0.1) is 0 Å². The fraction of sp³-hybridized carbons (Fsp3) is 0.375. The molecule has 0 saturated carbocycles. The van der Waals surface area contributed by atoms with E-state index in [2.05, 4.69) is 22.2 Å². The van der Waals surface area contributed by atoms with E-state index in [1.807, 2.05) is 0 Å². The Morgan fingerprint density at radius 2 is 2.08 bits per heavy atom. The molecule has 5 nitrogen and oxygen atoms in total. The van der Waals surface area contributed by atoms with Gasteiger partial charge in [0.2, 0.25) is 5.95 Å². The Kier molecular flexibility index (Phi) is 5.83. The zero-order valence-electron chi connectivity index (χ0n) is 13.2. The van der Waals surface area contributed by atoms with E-state index in [4.69, 9.17) is 10.5 Å². The third-order valence-electron chi connectivity index (χ3n) is 3.25. The second-order valence-electron chi connectivity index (χ2n) is 5.21. The molecule has 3 N–H and O–H groups in total. The average molecular weight is 340 g/mol. The van der Waals surface area contributed by atoms with Gasteiger partial charge in [0.1, 0.15) is 6.61 Å². The van der Waals surface area contributed by atoms with Crippen molar-refractivity contribution in [1.29, 1.82) is 0 Å². The molecule has 0 atom stereocenters. The van der Waals surface area contributed by atoms with Crippen LogP contribution in [0.5, 0.6) is 5.75 Å². The molecule has 1 aromatic carbocycles. The molecule has 0 amide bonds. The largest absolute Gasteiger partial charge is 0.483 e. The lowest BCUT2D eigenvalue weighted by Crippen LogP contribution is -2.09. The van der Waals surface area contributed by atoms with Crippen molar-refractivity contribution in [2.45, 2.75) is 32.5 Å². The first-order valence-corrected chi connectivity index (χ1v) is 7.55. The minimum absolute atomic E-state index is 0.0281. The van der Waals surface area contributed by atoms with Crippen LogP contribution >= 0.6 is 0 Å². The van der Waals surface area contributed by atoms with Crippen molar-refractivity contribution in [2.75, 3.05) is 17.6 Å². The lowest BCUT2D eigenvalue weighted by atomic mass is 10.1. The summed E-state index contributed by atoms with van der Waals surface area (Å²) in [5.41, 5.74) is 5.26. The maximum Gasteiger partial charge on any atom is 0.416 e. The summed E-state index contributed by atoms with van der Waals surface area (Å²) in [6.07, 6.45) is -1.03. The number of rotatable bonds is 7. The van der Waals surface area contributed by atoms with Crippen molar-refractivity contribution < 1.29 is 17.9 Å². The molecular weight excluding hydrogens is 321 g/mol. The van der Waals surface area contributed by atoms with Crippen LogP contribution in [0.1, 0.15) is 30.9 Å². The normalized spacial score (nSPS) is 11.3. The number of nitrogens with zero attached hydrogens (tertiary/aromatic N) is 2. The Hall–Kier alpha value is -2.51. The van der Waals surface area contributed by atoms with E-state index in [-0.39, 0.29) is 12.6 Å². The number of nitrogens with one attached hydrogen (secondary N) is 1. The smallest absolute Gasteiger partial charge is 0.416 e. The summed E-state index contributed by atoms with van der Waals surface area (Å²) >= 11 is 0. The summed E-state index contributed by atoms with van der Waals surface area (Å²) in [6, 6.07) is 4.99. The summed E-state index contributed by atoms with van der Waals surface area (Å²) < 4.78 is 43.7. The maximum atomic E-state index is 12.7. The second-order valence-corrected chi connectivity index (χ2v) is 5.21. The van der Waals surface area contributed by atoms with E-state index in [0.717, 1.165) is 25.0 Å². The summed E-state index contributed by atoms with van der Waals surface area (Å²) in [6.45, 7) is 2.72. The van der Waals surface area contributed by atoms with Gasteiger partial charge in [-0.15, -0.1) is 0 Å². The van der Waals surface area contributed by atoms with Crippen LogP contribution in [-0.2, 0) is 12.8 Å². The highest BCUT2D eigenvalue weighted by Crippen LogP contribution is 2.30. The number of aromatic nitrogens is 2. The van der Waals surface area contributed by atoms with Crippen molar-refractivity contribution in [3.8, 4) is 5.75 Å². The highest BCUT2D eigenvalue weighted by Gasteiger charge is 2.30. The molecule has 2 aromatic rings. The lowest BCUT2D eigenvalue weighted by molar-refractivity contribution is -0.137. The highest BCUT2D eigenvalue weighted by atomic mass is 19.4. The van der Waals surface area contributed by atoms with Crippen LogP contribution in [0.2, 0.25) is 0 Å². The third-order valence-corrected chi connectivity index (χ3v) is 3.25. The van der Waals surface area contributed by atoms with Crippen molar-refractivity contribution in [3.63, 3.8) is 0 Å². The molecule has 130 valence electrons. The molecule has 2 rings (SSSR count). The fourth-order valence-corrected chi connectivity index (χ4v) is 2.00. The van der Waals surface area contributed by atoms with Crippen LogP contribution in [0.4, 0.5) is 24.9 Å². The lowest BCUT2D eigenvalue weighted by Gasteiger charge is -2.13. The first kappa shape index (κ1) is 17.8. The number of ether oxygens (including phenoxy) is 1. The summed E-state index contributed by atoms with van der Waals surface area (Å²) in [7, 11) is 0. The van der Waals surface area contributed by atoms with Gasteiger partial charge >= 0.3 is 6.18 Å². The Morgan fingerprint density at radius 3 is 2.79 bits per heavy atom. The molecule has 0 fully saturated rings. The Bertz CT molecular complexity index is 677. The molecule has 0 unspecified atom stereocenters. The van der Waals surface area contributed by atoms with Gasteiger partial charge in [0.05, 0.1) is 11.8 Å². The molecule has 0 aliphatic heterocycles. The first-order chi connectivity index (χ1) is 11.4. The van der Waals surface area contributed by atoms with E-state index < -0.39 is 11.7 Å². The Labute approximate surface area is 138 Å². The minimum Gasteiger partial charge on any atom is -0.483 e. The number of hydrogen-bond acceptors (Lipinski definition) is 5. The van der Waals surface area contributed by atoms with Gasteiger partial charge in [0, 0.05) is 6.54 Å². The number of anilines is 2. The number of benzene rings is 1. The number of halogens is 3. The fourth-order valence-electron chi connectivity index (χ4n) is 2.00. The summed E-state index contributed by atoms with van der Waals surface area (Å²) in [5, 5.41) is 3.09. The quantitative estimate of drug-likeness (QED) is 0.749. The molecule has 0 saturated heterocycles. The number of unbranched alkanes of at least 4 members (excludes halogenated alkanes) is 1. The van der Waals surface area contributed by atoms with E-state index in [0.29, 0.717) is 23.7 Å². The first-order valence-electron chi connectivity index (χ1n) is 7.55. The van der Waals surface area contributed by atoms with Gasteiger partial charge in [-0.3, -0.25) is 0 Å². The van der Waals surface area contributed by atoms with E-state index in [9.17, 15) is 13.2 Å². The minimum atomic E-state index is -4.38. The molecule has 0 spiro atoms. The predicted octanol–water partition coefficient (Wildman–Crippen LogP) is 3.87. The third kappa shape index (κ3) is 5.00. The summed E-state index contributed by atoms with van der Waals surface area (Å²) in [5.74, 6) is 0.876. The van der Waals surface area contributed by atoms with Crippen molar-refractivity contribution in [3.05, 3.63) is 41.6 Å². The molecule has 0 aliphatic carbocycles. The molecule has 0 bridgehead atoms. The standard InChI is InChI=1S/C16H19F3N4O/c1-2-3-7-21-14-13(9-22-15(20)23-14)24-10-11-5-4-6-12(8-11)16(17,18)19/h4-6,8-9H,2-3,7,10H2,1H3,(H3,20,21,22,23). The summed E-state index contributed by atoms with van der Waals surface area (Å²) in [4.78, 5) is 7.92. The predicted molar refractivity (Wildman–Crippen MR) is 85.6 cm³/mol. The van der Waals surface area contributed by atoms with E-state index >= 15 is 0 Å². The second kappa shape index (κ2) is 7.85. The number of hydrogen-bond donors (Lipinski definition) is 2. The highest BCUT2D eigenvalue weighted by molar-refractivity contribution is 5.51.